The van der Waals surface area contributed by atoms with Gasteiger partial charge in [-0.3, -0.25) is 23.5 Å². The molecule has 1 unspecified atom stereocenters. The number of aromatic nitrogens is 3. The van der Waals surface area contributed by atoms with Crippen LogP contribution in [0.1, 0.15) is 6.92 Å². The van der Waals surface area contributed by atoms with Crippen molar-refractivity contribution in [2.75, 3.05) is 20.2 Å². The molecule has 12 nitrogen and oxygen atoms in total. The quantitative estimate of drug-likeness (QED) is 0.355. The Morgan fingerprint density at radius 1 is 1.12 bits per heavy atom. The van der Waals surface area contributed by atoms with E-state index in [0.29, 0.717) is 4.57 Å². The van der Waals surface area contributed by atoms with Gasteiger partial charge < -0.3 is 20.1 Å². The molecule has 1 aromatic carbocycles. The fraction of sp³-hybridized carbons (Fsp3) is 0.368. The number of rotatable bonds is 8. The van der Waals surface area contributed by atoms with Gasteiger partial charge >= 0.3 is 17.3 Å². The van der Waals surface area contributed by atoms with Crippen molar-refractivity contribution in [2.45, 2.75) is 13.0 Å². The molecule has 2 amide bonds. The molecule has 2 N–H and O–H groups in total. The van der Waals surface area contributed by atoms with Crippen molar-refractivity contribution in [1.82, 2.24) is 24.3 Å². The van der Waals surface area contributed by atoms with Gasteiger partial charge in [-0.2, -0.15) is 0 Å². The summed E-state index contributed by atoms with van der Waals surface area (Å²) >= 11 is 11.0. The van der Waals surface area contributed by atoms with Gasteiger partial charge in [-0.1, -0.05) is 11.6 Å². The zero-order chi connectivity index (χ0) is 25.7. The lowest BCUT2D eigenvalue weighted by Gasteiger charge is -2.17. The van der Waals surface area contributed by atoms with E-state index in [-0.39, 0.29) is 22.1 Å². The number of carbonyl (C=O) groups is 3. The molecule has 0 aliphatic rings. The normalized spacial score (nSPS) is 11.5. The Bertz CT molecular complexity index is 1280. The molecule has 1 aromatic heterocycles. The third-order valence-corrected chi connectivity index (χ3v) is 5.37. The van der Waals surface area contributed by atoms with Crippen LogP contribution in [0.2, 0.25) is 5.02 Å². The molecule has 0 aliphatic carbocycles. The van der Waals surface area contributed by atoms with E-state index in [4.69, 9.17) is 28.6 Å². The summed E-state index contributed by atoms with van der Waals surface area (Å²) in [5.74, 6) is -3.24. The number of hydrogen-bond donors (Lipinski definition) is 2. The maximum atomic E-state index is 14.7. The predicted octanol–water partition coefficient (Wildman–Crippen LogP) is -0.431. The summed E-state index contributed by atoms with van der Waals surface area (Å²) < 4.78 is 26.9. The molecule has 0 saturated heterocycles. The number of nitrogens with zero attached hydrogens (tertiary/aromatic N) is 3. The molecule has 0 aliphatic heterocycles. The highest BCUT2D eigenvalue weighted by molar-refractivity contribution is 7.71. The summed E-state index contributed by atoms with van der Waals surface area (Å²) in [5.41, 5.74) is -2.27. The number of carbonyl (C=O) groups excluding carboxylic acids is 3. The lowest BCUT2D eigenvalue weighted by molar-refractivity contribution is -0.141. The lowest BCUT2D eigenvalue weighted by Crippen LogP contribution is -2.44. The standard InChI is InChI=1S/C19H21ClFN5O7S/c1-9(16(29)23-7-14(27)22-8-15(28)32-4)33-13-6-12(11(21)5-10(13)20)26-17(30)24(2)19(34)25(3)18(26)31/h5-6,9H,7-8H2,1-4H3,(H,22,27)(H,23,29). The van der Waals surface area contributed by atoms with Crippen LogP contribution in [0.15, 0.2) is 21.7 Å². The van der Waals surface area contributed by atoms with Crippen LogP contribution in [0.25, 0.3) is 5.69 Å². The molecule has 0 spiro atoms. The van der Waals surface area contributed by atoms with E-state index in [9.17, 15) is 28.4 Å². The summed E-state index contributed by atoms with van der Waals surface area (Å²) in [4.78, 5) is 60.1. The topological polar surface area (TPSA) is 143 Å². The smallest absolute Gasteiger partial charge is 0.338 e. The first-order valence-electron chi connectivity index (χ1n) is 9.55. The summed E-state index contributed by atoms with van der Waals surface area (Å²) in [6, 6.07) is 1.82. The van der Waals surface area contributed by atoms with E-state index in [1.807, 2.05) is 0 Å². The van der Waals surface area contributed by atoms with Crippen LogP contribution in [-0.2, 0) is 33.2 Å². The number of amides is 2. The number of benzene rings is 1. The van der Waals surface area contributed by atoms with Crippen molar-refractivity contribution >= 4 is 41.6 Å². The van der Waals surface area contributed by atoms with Gasteiger partial charge in [0.25, 0.3) is 5.91 Å². The second-order valence-corrected chi connectivity index (χ2v) is 7.64. The summed E-state index contributed by atoms with van der Waals surface area (Å²) in [6.45, 7) is 0.508. The average molecular weight is 518 g/mol. The van der Waals surface area contributed by atoms with Crippen LogP contribution < -0.4 is 26.7 Å². The van der Waals surface area contributed by atoms with Crippen molar-refractivity contribution in [3.8, 4) is 11.4 Å². The Kier molecular flexibility index (Phi) is 8.70. The average Bonchev–Trinajstić information content (AvgIpc) is 2.80. The van der Waals surface area contributed by atoms with Gasteiger partial charge in [0.1, 0.15) is 18.1 Å². The van der Waals surface area contributed by atoms with Crippen LogP contribution in [0.4, 0.5) is 4.39 Å². The molecule has 15 heteroatoms. The van der Waals surface area contributed by atoms with E-state index in [1.165, 1.54) is 21.0 Å². The van der Waals surface area contributed by atoms with Crippen LogP contribution >= 0.6 is 23.8 Å². The molecule has 0 bridgehead atoms. The maximum Gasteiger partial charge on any atom is 0.338 e. The molecular weight excluding hydrogens is 497 g/mol. The number of halogens is 2. The highest BCUT2D eigenvalue weighted by atomic mass is 35.5. The molecule has 0 fully saturated rings. The molecular formula is C19H21ClFN5O7S. The van der Waals surface area contributed by atoms with Crippen molar-refractivity contribution < 1.29 is 28.2 Å². The third-order valence-electron chi connectivity index (χ3n) is 4.53. The summed E-state index contributed by atoms with van der Waals surface area (Å²) in [5, 5.41) is 4.30. The molecule has 34 heavy (non-hydrogen) atoms. The van der Waals surface area contributed by atoms with Crippen molar-refractivity contribution in [1.29, 1.82) is 0 Å². The van der Waals surface area contributed by atoms with Gasteiger partial charge in [0.15, 0.2) is 10.9 Å². The fourth-order valence-corrected chi connectivity index (χ4v) is 2.97. The second kappa shape index (κ2) is 11.1. The second-order valence-electron chi connectivity index (χ2n) is 6.87. The molecule has 0 saturated carbocycles. The van der Waals surface area contributed by atoms with Crippen molar-refractivity contribution in [3.63, 3.8) is 0 Å². The Morgan fingerprint density at radius 3 is 2.26 bits per heavy atom. The van der Waals surface area contributed by atoms with Gasteiger partial charge in [-0.25, -0.2) is 18.5 Å². The van der Waals surface area contributed by atoms with Crippen LogP contribution in [0.3, 0.4) is 0 Å². The molecule has 184 valence electrons. The minimum Gasteiger partial charge on any atom is -0.479 e. The van der Waals surface area contributed by atoms with Gasteiger partial charge in [0.05, 0.1) is 24.4 Å². The zero-order valence-electron chi connectivity index (χ0n) is 18.5. The molecule has 2 rings (SSSR count). The highest BCUT2D eigenvalue weighted by Gasteiger charge is 2.21. The van der Waals surface area contributed by atoms with Crippen molar-refractivity contribution in [2.24, 2.45) is 14.1 Å². The van der Waals surface area contributed by atoms with Crippen LogP contribution in [0, 0.1) is 10.6 Å². The maximum absolute atomic E-state index is 14.7. The highest BCUT2D eigenvalue weighted by Crippen LogP contribution is 2.29. The summed E-state index contributed by atoms with van der Waals surface area (Å²) in [7, 11) is 3.79. The fourth-order valence-electron chi connectivity index (χ4n) is 2.62. The molecule has 0 radical (unpaired) electrons. The number of esters is 1. The predicted molar refractivity (Wildman–Crippen MR) is 120 cm³/mol. The first kappa shape index (κ1) is 26.7. The van der Waals surface area contributed by atoms with Crippen LogP contribution in [-0.4, -0.2) is 57.8 Å². The first-order chi connectivity index (χ1) is 15.9. The Labute approximate surface area is 201 Å². The third kappa shape index (κ3) is 5.88. The van der Waals surface area contributed by atoms with Gasteiger partial charge in [-0.05, 0) is 25.2 Å². The molecule has 1 atom stereocenters. The Balaban J connectivity index is 2.25. The molecule has 2 aromatic rings. The number of hydrogen-bond acceptors (Lipinski definition) is 8. The van der Waals surface area contributed by atoms with E-state index in [0.717, 1.165) is 28.4 Å². The van der Waals surface area contributed by atoms with Gasteiger partial charge in [0, 0.05) is 20.2 Å². The largest absolute Gasteiger partial charge is 0.479 e. The summed E-state index contributed by atoms with van der Waals surface area (Å²) in [6.07, 6.45) is -1.21. The van der Waals surface area contributed by atoms with Gasteiger partial charge in [-0.15, -0.1) is 0 Å². The van der Waals surface area contributed by atoms with Crippen molar-refractivity contribution in [3.05, 3.63) is 48.7 Å². The van der Waals surface area contributed by atoms with E-state index >= 15 is 0 Å². The van der Waals surface area contributed by atoms with Crippen LogP contribution in [0.5, 0.6) is 5.75 Å². The van der Waals surface area contributed by atoms with E-state index < -0.39 is 53.3 Å². The minimum absolute atomic E-state index is 0.0713. The Morgan fingerprint density at radius 2 is 1.71 bits per heavy atom. The number of ether oxygens (including phenoxy) is 2. The lowest BCUT2D eigenvalue weighted by atomic mass is 10.2. The number of nitrogens with one attached hydrogen (secondary N) is 2. The van der Waals surface area contributed by atoms with E-state index in [2.05, 4.69) is 15.4 Å². The SMILES string of the molecule is COC(=O)CNC(=O)CNC(=O)C(C)Oc1cc(-n2c(=O)n(C)c(=S)n(C)c2=O)c(F)cc1Cl. The monoisotopic (exact) mass is 517 g/mol. The zero-order valence-corrected chi connectivity index (χ0v) is 20.1. The first-order valence-corrected chi connectivity index (χ1v) is 10.3. The van der Waals surface area contributed by atoms with E-state index in [1.54, 1.807) is 0 Å². The number of methoxy groups -OCH3 is 1. The van der Waals surface area contributed by atoms with Gasteiger partial charge in [0.2, 0.25) is 5.91 Å². The molecule has 1 heterocycles. The minimum atomic E-state index is -1.21. The Hall–Kier alpha value is -3.52.